The summed E-state index contributed by atoms with van der Waals surface area (Å²) in [6, 6.07) is 7.23. The molecule has 0 aliphatic carbocycles. The first-order chi connectivity index (χ1) is 10.0. The Bertz CT molecular complexity index is 537. The van der Waals surface area contributed by atoms with Crippen molar-refractivity contribution in [3.05, 3.63) is 24.3 Å². The minimum absolute atomic E-state index is 0.291. The lowest BCUT2D eigenvalue weighted by atomic mass is 10.1. The molecule has 2 rings (SSSR count). The van der Waals surface area contributed by atoms with Gasteiger partial charge >= 0.3 is 0 Å². The Morgan fingerprint density at radius 2 is 1.76 bits per heavy atom. The van der Waals surface area contributed by atoms with Crippen molar-refractivity contribution in [2.45, 2.75) is 37.1 Å². The van der Waals surface area contributed by atoms with Crippen LogP contribution < -0.4 is 10.0 Å². The second-order valence-electron chi connectivity index (χ2n) is 5.64. The van der Waals surface area contributed by atoms with Gasteiger partial charge in [0.15, 0.2) is 0 Å². The van der Waals surface area contributed by atoms with Crippen LogP contribution >= 0.6 is 0 Å². The summed E-state index contributed by atoms with van der Waals surface area (Å²) in [5, 5.41) is 3.43. The van der Waals surface area contributed by atoms with Crippen molar-refractivity contribution in [3.63, 3.8) is 0 Å². The van der Waals surface area contributed by atoms with E-state index in [1.807, 2.05) is 12.1 Å². The number of rotatable bonds is 6. The van der Waals surface area contributed by atoms with E-state index in [0.717, 1.165) is 12.2 Å². The van der Waals surface area contributed by atoms with Gasteiger partial charge in [-0.05, 0) is 64.2 Å². The molecule has 6 heteroatoms. The molecule has 1 atom stereocenters. The van der Waals surface area contributed by atoms with E-state index in [9.17, 15) is 8.42 Å². The average Bonchev–Trinajstić information content (AvgIpc) is 2.48. The van der Waals surface area contributed by atoms with Gasteiger partial charge in [0.2, 0.25) is 10.0 Å². The van der Waals surface area contributed by atoms with Crippen LogP contribution in [0, 0.1) is 0 Å². The molecule has 0 spiro atoms. The average molecular weight is 311 g/mol. The molecule has 1 unspecified atom stereocenters. The molecule has 1 fully saturated rings. The molecule has 2 N–H and O–H groups in total. The Morgan fingerprint density at radius 1 is 1.14 bits per heavy atom. The van der Waals surface area contributed by atoms with Crippen molar-refractivity contribution >= 4 is 15.7 Å². The van der Waals surface area contributed by atoms with E-state index in [1.54, 1.807) is 12.1 Å². The molecule has 1 aromatic carbocycles. The number of nitrogens with zero attached hydrogens (tertiary/aromatic N) is 1. The number of sulfonamides is 1. The van der Waals surface area contributed by atoms with Crippen molar-refractivity contribution in [2.24, 2.45) is 0 Å². The van der Waals surface area contributed by atoms with Crippen LogP contribution in [0.1, 0.15) is 26.2 Å². The van der Waals surface area contributed by atoms with Crippen LogP contribution in [0.4, 0.5) is 5.69 Å². The van der Waals surface area contributed by atoms with Gasteiger partial charge in [-0.15, -0.1) is 0 Å². The van der Waals surface area contributed by atoms with E-state index >= 15 is 0 Å². The van der Waals surface area contributed by atoms with Gasteiger partial charge in [-0.1, -0.05) is 6.42 Å². The summed E-state index contributed by atoms with van der Waals surface area (Å²) in [7, 11) is -1.93. The number of hydrogen-bond acceptors (Lipinski definition) is 4. The van der Waals surface area contributed by atoms with Gasteiger partial charge in [0, 0.05) is 18.3 Å². The zero-order valence-corrected chi connectivity index (χ0v) is 13.6. The largest absolute Gasteiger partial charge is 0.381 e. The number of nitrogens with one attached hydrogen (secondary N) is 2. The fraction of sp³-hybridized carbons (Fsp3) is 0.600. The van der Waals surface area contributed by atoms with E-state index in [-0.39, 0.29) is 0 Å². The first kappa shape index (κ1) is 16.3. The monoisotopic (exact) mass is 311 g/mol. The Balaban J connectivity index is 1.90. The zero-order valence-electron chi connectivity index (χ0n) is 12.8. The zero-order chi connectivity index (χ0) is 15.3. The first-order valence-electron chi connectivity index (χ1n) is 7.54. The summed E-state index contributed by atoms with van der Waals surface area (Å²) in [4.78, 5) is 2.78. The molecule has 1 heterocycles. The predicted molar refractivity (Wildman–Crippen MR) is 86.1 cm³/mol. The number of hydrogen-bond donors (Lipinski definition) is 2. The Hall–Kier alpha value is -1.11. The molecule has 21 heavy (non-hydrogen) atoms. The second kappa shape index (κ2) is 7.24. The minimum atomic E-state index is -3.35. The third-order valence-electron chi connectivity index (χ3n) is 3.83. The Labute approximate surface area is 127 Å². The topological polar surface area (TPSA) is 61.4 Å². The molecular formula is C15H25N3O2S. The fourth-order valence-corrected chi connectivity index (χ4v) is 3.44. The minimum Gasteiger partial charge on any atom is -0.381 e. The van der Waals surface area contributed by atoms with Crippen LogP contribution in [0.5, 0.6) is 0 Å². The number of likely N-dealkylation sites (tertiary alicyclic amines) is 1. The second-order valence-corrected chi connectivity index (χ2v) is 7.53. The van der Waals surface area contributed by atoms with E-state index < -0.39 is 10.0 Å². The Kier molecular flexibility index (Phi) is 5.61. The van der Waals surface area contributed by atoms with Crippen LogP contribution in [0.3, 0.4) is 0 Å². The summed E-state index contributed by atoms with van der Waals surface area (Å²) in [5.41, 5.74) is 0.953. The van der Waals surface area contributed by atoms with E-state index in [1.165, 1.54) is 39.4 Å². The third kappa shape index (κ3) is 4.69. The summed E-state index contributed by atoms with van der Waals surface area (Å²) in [6.45, 7) is 5.56. The van der Waals surface area contributed by atoms with Crippen LogP contribution in [-0.2, 0) is 10.0 Å². The quantitative estimate of drug-likeness (QED) is 0.842. The van der Waals surface area contributed by atoms with Crippen LogP contribution in [0.15, 0.2) is 29.2 Å². The van der Waals surface area contributed by atoms with Crippen molar-refractivity contribution in [3.8, 4) is 0 Å². The molecule has 1 aliphatic heterocycles. The normalized spacial score (nSPS) is 18.4. The van der Waals surface area contributed by atoms with E-state index in [0.29, 0.717) is 10.9 Å². The SMILES string of the molecule is CNS(=O)(=O)c1ccc(NC(C)CN2CCCCC2)cc1. The van der Waals surface area contributed by atoms with Crippen molar-refractivity contribution in [1.82, 2.24) is 9.62 Å². The van der Waals surface area contributed by atoms with Crippen molar-refractivity contribution < 1.29 is 8.42 Å². The molecule has 0 aromatic heterocycles. The molecule has 5 nitrogen and oxygen atoms in total. The van der Waals surface area contributed by atoms with Gasteiger partial charge in [0.25, 0.3) is 0 Å². The number of piperidine rings is 1. The lowest BCUT2D eigenvalue weighted by molar-refractivity contribution is 0.223. The Morgan fingerprint density at radius 3 is 2.33 bits per heavy atom. The standard InChI is InChI=1S/C15H25N3O2S/c1-13(12-18-10-4-3-5-11-18)17-14-6-8-15(9-7-14)21(19,20)16-2/h6-9,13,16-17H,3-5,10-12H2,1-2H3. The van der Waals surface area contributed by atoms with Crippen LogP contribution in [-0.4, -0.2) is 46.0 Å². The van der Waals surface area contributed by atoms with Gasteiger partial charge in [0.05, 0.1) is 4.90 Å². The summed E-state index contributed by atoms with van der Waals surface area (Å²) in [5.74, 6) is 0. The lowest BCUT2D eigenvalue weighted by Crippen LogP contribution is -2.38. The van der Waals surface area contributed by atoms with Gasteiger partial charge in [-0.3, -0.25) is 0 Å². The summed E-state index contributed by atoms with van der Waals surface area (Å²) in [6.07, 6.45) is 3.94. The highest BCUT2D eigenvalue weighted by Gasteiger charge is 2.14. The summed E-state index contributed by atoms with van der Waals surface area (Å²) >= 11 is 0. The molecule has 118 valence electrons. The maximum Gasteiger partial charge on any atom is 0.240 e. The van der Waals surface area contributed by atoms with Crippen molar-refractivity contribution in [1.29, 1.82) is 0 Å². The highest BCUT2D eigenvalue weighted by Crippen LogP contribution is 2.15. The number of benzene rings is 1. The third-order valence-corrected chi connectivity index (χ3v) is 5.26. The first-order valence-corrected chi connectivity index (χ1v) is 9.02. The predicted octanol–water partition coefficient (Wildman–Crippen LogP) is 1.88. The highest BCUT2D eigenvalue weighted by molar-refractivity contribution is 7.89. The summed E-state index contributed by atoms with van der Waals surface area (Å²) < 4.78 is 25.6. The van der Waals surface area contributed by atoms with E-state index in [4.69, 9.17) is 0 Å². The molecule has 0 saturated carbocycles. The van der Waals surface area contributed by atoms with Gasteiger partial charge in [0.1, 0.15) is 0 Å². The molecule has 1 aromatic rings. The smallest absolute Gasteiger partial charge is 0.240 e. The molecule has 0 bridgehead atoms. The fourth-order valence-electron chi connectivity index (χ4n) is 2.71. The maximum absolute atomic E-state index is 11.7. The molecule has 0 radical (unpaired) electrons. The molecule has 1 aliphatic rings. The van der Waals surface area contributed by atoms with Crippen molar-refractivity contribution in [2.75, 3.05) is 32.0 Å². The molecule has 1 saturated heterocycles. The van der Waals surface area contributed by atoms with Crippen LogP contribution in [0.25, 0.3) is 0 Å². The lowest BCUT2D eigenvalue weighted by Gasteiger charge is -2.29. The maximum atomic E-state index is 11.7. The van der Waals surface area contributed by atoms with E-state index in [2.05, 4.69) is 21.9 Å². The molecule has 0 amide bonds. The van der Waals surface area contributed by atoms with Gasteiger partial charge < -0.3 is 10.2 Å². The number of anilines is 1. The van der Waals surface area contributed by atoms with Crippen LogP contribution in [0.2, 0.25) is 0 Å². The highest BCUT2D eigenvalue weighted by atomic mass is 32.2. The molecular weight excluding hydrogens is 286 g/mol. The van der Waals surface area contributed by atoms with Gasteiger partial charge in [-0.2, -0.15) is 0 Å². The van der Waals surface area contributed by atoms with Gasteiger partial charge in [-0.25, -0.2) is 13.1 Å².